The number of halogens is 1. The van der Waals surface area contributed by atoms with Crippen LogP contribution >= 0.6 is 24.0 Å². The minimum atomic E-state index is -0.555. The zero-order valence-electron chi connectivity index (χ0n) is 12.5. The summed E-state index contributed by atoms with van der Waals surface area (Å²) in [6.45, 7) is 8.79. The van der Waals surface area contributed by atoms with E-state index in [1.54, 1.807) is 0 Å². The Balaban J connectivity index is 0.00000324. The van der Waals surface area contributed by atoms with E-state index in [1.165, 1.54) is 0 Å². The number of aliphatic imine (C=N–C) groups is 1. The van der Waals surface area contributed by atoms with E-state index in [4.69, 9.17) is 0 Å². The normalized spacial score (nSPS) is 18.3. The third-order valence-corrected chi connectivity index (χ3v) is 3.42. The largest absolute Gasteiger partial charge is 0.388 e. The second-order valence-electron chi connectivity index (χ2n) is 5.74. The topological polar surface area (TPSA) is 56.7 Å². The molecule has 0 aromatic rings. The highest BCUT2D eigenvalue weighted by atomic mass is 127. The third-order valence-electron chi connectivity index (χ3n) is 3.42. The summed E-state index contributed by atoms with van der Waals surface area (Å²) in [6, 6.07) is 0. The highest BCUT2D eigenvalue weighted by molar-refractivity contribution is 14.0. The fraction of sp³-hybridized carbons (Fsp3) is 0.929. The van der Waals surface area contributed by atoms with Crippen LogP contribution in [-0.4, -0.2) is 36.3 Å². The lowest BCUT2D eigenvalue weighted by molar-refractivity contribution is 0.0574. The fourth-order valence-electron chi connectivity index (χ4n) is 2.24. The van der Waals surface area contributed by atoms with Gasteiger partial charge in [0, 0.05) is 13.1 Å². The smallest absolute Gasteiger partial charge is 0.191 e. The first-order chi connectivity index (χ1) is 8.56. The number of aliphatic hydroxyl groups is 1. The van der Waals surface area contributed by atoms with Crippen LogP contribution in [0.5, 0.6) is 0 Å². The molecule has 0 atom stereocenters. The Labute approximate surface area is 134 Å². The number of rotatable bonds is 6. The Bertz CT molecular complexity index is 263. The molecule has 0 radical (unpaired) electrons. The van der Waals surface area contributed by atoms with Gasteiger partial charge in [-0.25, -0.2) is 0 Å². The molecule has 19 heavy (non-hydrogen) atoms. The second-order valence-corrected chi connectivity index (χ2v) is 5.74. The molecular formula is C14H30IN3O. The monoisotopic (exact) mass is 383 g/mol. The summed E-state index contributed by atoms with van der Waals surface area (Å²) >= 11 is 0. The van der Waals surface area contributed by atoms with E-state index in [0.29, 0.717) is 12.5 Å². The number of hydrogen-bond acceptors (Lipinski definition) is 2. The van der Waals surface area contributed by atoms with Crippen LogP contribution in [0.3, 0.4) is 0 Å². The van der Waals surface area contributed by atoms with Crippen molar-refractivity contribution in [2.24, 2.45) is 10.9 Å². The van der Waals surface area contributed by atoms with Gasteiger partial charge in [0.2, 0.25) is 0 Å². The minimum Gasteiger partial charge on any atom is -0.388 e. The van der Waals surface area contributed by atoms with E-state index in [9.17, 15) is 5.11 Å². The van der Waals surface area contributed by atoms with Crippen LogP contribution in [0, 0.1) is 5.92 Å². The average molecular weight is 383 g/mol. The maximum Gasteiger partial charge on any atom is 0.191 e. The van der Waals surface area contributed by atoms with Crippen LogP contribution in [0.2, 0.25) is 0 Å². The molecule has 0 aliphatic heterocycles. The van der Waals surface area contributed by atoms with E-state index in [0.717, 1.165) is 51.2 Å². The molecule has 0 saturated heterocycles. The summed E-state index contributed by atoms with van der Waals surface area (Å²) in [5, 5.41) is 16.8. The Kier molecular flexibility index (Phi) is 9.78. The molecular weight excluding hydrogens is 353 g/mol. The molecule has 1 rings (SSSR count). The molecule has 1 aliphatic rings. The number of guanidine groups is 1. The zero-order valence-corrected chi connectivity index (χ0v) is 14.9. The number of nitrogens with one attached hydrogen (secondary N) is 2. The summed E-state index contributed by atoms with van der Waals surface area (Å²) < 4.78 is 0. The average Bonchev–Trinajstić information content (AvgIpc) is 2.73. The molecule has 5 heteroatoms. The highest BCUT2D eigenvalue weighted by Gasteiger charge is 2.30. The van der Waals surface area contributed by atoms with Crippen LogP contribution in [0.25, 0.3) is 0 Å². The van der Waals surface area contributed by atoms with Crippen LogP contribution in [-0.2, 0) is 0 Å². The second kappa shape index (κ2) is 9.80. The van der Waals surface area contributed by atoms with Gasteiger partial charge in [-0.1, -0.05) is 26.7 Å². The predicted octanol–water partition coefficient (Wildman–Crippen LogP) is 2.51. The Morgan fingerprint density at radius 1 is 1.26 bits per heavy atom. The van der Waals surface area contributed by atoms with Gasteiger partial charge in [-0.2, -0.15) is 0 Å². The van der Waals surface area contributed by atoms with Crippen molar-refractivity contribution in [2.75, 3.05) is 19.6 Å². The van der Waals surface area contributed by atoms with Gasteiger partial charge in [0.25, 0.3) is 0 Å². The van der Waals surface area contributed by atoms with Crippen LogP contribution < -0.4 is 10.6 Å². The summed E-state index contributed by atoms with van der Waals surface area (Å²) in [7, 11) is 0. The SMILES string of the molecule is CCNC(=NCC1(O)CCCC1)NCCC(C)C.I. The van der Waals surface area contributed by atoms with Crippen molar-refractivity contribution in [2.45, 2.75) is 58.5 Å². The molecule has 0 bridgehead atoms. The lowest BCUT2D eigenvalue weighted by atomic mass is 10.0. The highest BCUT2D eigenvalue weighted by Crippen LogP contribution is 2.29. The maximum absolute atomic E-state index is 10.3. The summed E-state index contributed by atoms with van der Waals surface area (Å²) in [5.41, 5.74) is -0.555. The van der Waals surface area contributed by atoms with Crippen molar-refractivity contribution in [3.05, 3.63) is 0 Å². The van der Waals surface area contributed by atoms with Crippen LogP contribution in [0.1, 0.15) is 52.9 Å². The van der Waals surface area contributed by atoms with Crippen LogP contribution in [0.4, 0.5) is 0 Å². The molecule has 1 aliphatic carbocycles. The van der Waals surface area contributed by atoms with Gasteiger partial charge in [-0.05, 0) is 32.1 Å². The van der Waals surface area contributed by atoms with E-state index >= 15 is 0 Å². The Morgan fingerprint density at radius 3 is 2.42 bits per heavy atom. The first kappa shape index (κ1) is 19.0. The van der Waals surface area contributed by atoms with E-state index < -0.39 is 5.60 Å². The van der Waals surface area contributed by atoms with Gasteiger partial charge in [-0.15, -0.1) is 24.0 Å². The minimum absolute atomic E-state index is 0. The van der Waals surface area contributed by atoms with Gasteiger partial charge in [-0.3, -0.25) is 4.99 Å². The van der Waals surface area contributed by atoms with E-state index in [-0.39, 0.29) is 24.0 Å². The molecule has 0 aromatic heterocycles. The summed E-state index contributed by atoms with van der Waals surface area (Å²) in [4.78, 5) is 4.51. The molecule has 0 aromatic carbocycles. The molecule has 0 spiro atoms. The molecule has 3 N–H and O–H groups in total. The van der Waals surface area contributed by atoms with Crippen molar-refractivity contribution >= 4 is 29.9 Å². The quantitative estimate of drug-likeness (QED) is 0.375. The molecule has 0 amide bonds. The molecule has 0 heterocycles. The lowest BCUT2D eigenvalue weighted by Gasteiger charge is -2.20. The maximum atomic E-state index is 10.3. The third kappa shape index (κ3) is 7.97. The fourth-order valence-corrected chi connectivity index (χ4v) is 2.24. The molecule has 114 valence electrons. The summed E-state index contributed by atoms with van der Waals surface area (Å²) in [5.74, 6) is 1.53. The Morgan fingerprint density at radius 2 is 1.89 bits per heavy atom. The van der Waals surface area contributed by atoms with E-state index in [2.05, 4.69) is 36.4 Å². The summed E-state index contributed by atoms with van der Waals surface area (Å²) in [6.07, 6.45) is 5.17. The van der Waals surface area contributed by atoms with Gasteiger partial charge in [0.1, 0.15) is 0 Å². The van der Waals surface area contributed by atoms with E-state index in [1.807, 2.05) is 0 Å². The number of nitrogens with zero attached hydrogens (tertiary/aromatic N) is 1. The van der Waals surface area contributed by atoms with Crippen molar-refractivity contribution in [3.63, 3.8) is 0 Å². The van der Waals surface area contributed by atoms with Crippen molar-refractivity contribution < 1.29 is 5.11 Å². The van der Waals surface area contributed by atoms with Crippen molar-refractivity contribution in [3.8, 4) is 0 Å². The van der Waals surface area contributed by atoms with Gasteiger partial charge in [0.15, 0.2) is 5.96 Å². The van der Waals surface area contributed by atoms with Crippen LogP contribution in [0.15, 0.2) is 4.99 Å². The zero-order chi connectivity index (χ0) is 13.4. The molecule has 0 unspecified atom stereocenters. The van der Waals surface area contributed by atoms with Gasteiger partial charge >= 0.3 is 0 Å². The standard InChI is InChI=1S/C14H29N3O.HI/c1-4-15-13(16-10-7-12(2)3)17-11-14(18)8-5-6-9-14;/h12,18H,4-11H2,1-3H3,(H2,15,16,17);1H. The molecule has 4 nitrogen and oxygen atoms in total. The Hall–Kier alpha value is -0.0400. The van der Waals surface area contributed by atoms with Crippen molar-refractivity contribution in [1.82, 2.24) is 10.6 Å². The molecule has 1 fully saturated rings. The first-order valence-corrected chi connectivity index (χ1v) is 7.30. The first-order valence-electron chi connectivity index (χ1n) is 7.30. The van der Waals surface area contributed by atoms with Gasteiger partial charge in [0.05, 0.1) is 12.1 Å². The van der Waals surface area contributed by atoms with Gasteiger partial charge < -0.3 is 15.7 Å². The lowest BCUT2D eigenvalue weighted by Crippen LogP contribution is -2.40. The predicted molar refractivity (Wildman–Crippen MR) is 92.3 cm³/mol. The molecule has 1 saturated carbocycles. The van der Waals surface area contributed by atoms with Crippen molar-refractivity contribution in [1.29, 1.82) is 0 Å². The number of hydrogen-bond donors (Lipinski definition) is 3.